The minimum absolute atomic E-state index is 0.221. The standard InChI is InChI=1S/C26H28N2O5/c1-26(2,3)33-25(30)27-21-15-19-8-6-5-7-18(19)14-20(21)24(29)28(4)16-17-9-10-22-23(13-17)32-12-11-31-22/h5-10,13-15H,11-12,16H2,1-4H3,(H,27,30). The van der Waals surface area contributed by atoms with Gasteiger partial charge in [-0.05, 0) is 61.4 Å². The van der Waals surface area contributed by atoms with E-state index in [9.17, 15) is 9.59 Å². The van der Waals surface area contributed by atoms with Gasteiger partial charge in [0, 0.05) is 13.6 Å². The Kier molecular flexibility index (Phi) is 6.14. The highest BCUT2D eigenvalue weighted by molar-refractivity contribution is 6.06. The summed E-state index contributed by atoms with van der Waals surface area (Å²) in [5.74, 6) is 1.16. The van der Waals surface area contributed by atoms with Crippen molar-refractivity contribution in [3.05, 3.63) is 65.7 Å². The molecule has 0 atom stereocenters. The summed E-state index contributed by atoms with van der Waals surface area (Å²) >= 11 is 0. The Morgan fingerprint density at radius 3 is 2.33 bits per heavy atom. The molecule has 0 saturated carbocycles. The fourth-order valence-corrected chi connectivity index (χ4v) is 3.67. The van der Waals surface area contributed by atoms with Crippen LogP contribution in [-0.4, -0.2) is 42.8 Å². The molecule has 1 aliphatic heterocycles. The number of benzene rings is 3. The van der Waals surface area contributed by atoms with Gasteiger partial charge in [-0.1, -0.05) is 30.3 Å². The van der Waals surface area contributed by atoms with Gasteiger partial charge < -0.3 is 19.1 Å². The Hall–Kier alpha value is -3.74. The van der Waals surface area contributed by atoms with Gasteiger partial charge in [-0.15, -0.1) is 0 Å². The molecule has 3 aromatic rings. The highest BCUT2D eigenvalue weighted by Crippen LogP contribution is 2.31. The smallest absolute Gasteiger partial charge is 0.412 e. The zero-order chi connectivity index (χ0) is 23.6. The lowest BCUT2D eigenvalue weighted by molar-refractivity contribution is 0.0636. The molecule has 0 aromatic heterocycles. The first-order valence-electron chi connectivity index (χ1n) is 10.9. The number of rotatable bonds is 4. The number of carbonyl (C=O) groups is 2. The number of nitrogens with zero attached hydrogens (tertiary/aromatic N) is 1. The van der Waals surface area contributed by atoms with Gasteiger partial charge in [0.25, 0.3) is 5.91 Å². The highest BCUT2D eigenvalue weighted by Gasteiger charge is 2.22. The first-order valence-corrected chi connectivity index (χ1v) is 10.9. The van der Waals surface area contributed by atoms with Crippen LogP contribution in [0.25, 0.3) is 10.8 Å². The number of nitrogens with one attached hydrogen (secondary N) is 1. The molecule has 33 heavy (non-hydrogen) atoms. The molecule has 0 bridgehead atoms. The van der Waals surface area contributed by atoms with Crippen LogP contribution < -0.4 is 14.8 Å². The van der Waals surface area contributed by atoms with Crippen LogP contribution >= 0.6 is 0 Å². The van der Waals surface area contributed by atoms with Crippen molar-refractivity contribution in [3.63, 3.8) is 0 Å². The van der Waals surface area contributed by atoms with Crippen LogP contribution in [0.3, 0.4) is 0 Å². The summed E-state index contributed by atoms with van der Waals surface area (Å²) in [5, 5.41) is 4.57. The number of amides is 2. The van der Waals surface area contributed by atoms with Gasteiger partial charge in [-0.3, -0.25) is 10.1 Å². The van der Waals surface area contributed by atoms with E-state index in [0.717, 1.165) is 16.3 Å². The summed E-state index contributed by atoms with van der Waals surface area (Å²) in [6.07, 6.45) is -0.610. The van der Waals surface area contributed by atoms with E-state index in [0.29, 0.717) is 42.5 Å². The maximum atomic E-state index is 13.4. The van der Waals surface area contributed by atoms with Crippen LogP contribution in [0.5, 0.6) is 11.5 Å². The molecule has 4 rings (SSSR count). The van der Waals surface area contributed by atoms with Crippen molar-refractivity contribution in [2.24, 2.45) is 0 Å². The summed E-state index contributed by atoms with van der Waals surface area (Å²) in [7, 11) is 1.73. The van der Waals surface area contributed by atoms with Gasteiger partial charge in [0.2, 0.25) is 0 Å². The van der Waals surface area contributed by atoms with Crippen LogP contribution in [0.2, 0.25) is 0 Å². The van der Waals surface area contributed by atoms with Crippen molar-refractivity contribution in [2.45, 2.75) is 32.9 Å². The zero-order valence-corrected chi connectivity index (χ0v) is 19.3. The molecule has 1 heterocycles. The van der Waals surface area contributed by atoms with Crippen LogP contribution in [0.1, 0.15) is 36.7 Å². The molecule has 3 aromatic carbocycles. The summed E-state index contributed by atoms with van der Waals surface area (Å²) in [4.78, 5) is 27.5. The monoisotopic (exact) mass is 448 g/mol. The second-order valence-corrected chi connectivity index (χ2v) is 9.01. The molecule has 0 saturated heterocycles. The summed E-state index contributed by atoms with van der Waals surface area (Å²) in [5.41, 5.74) is 1.05. The largest absolute Gasteiger partial charge is 0.486 e. The van der Waals surface area contributed by atoms with E-state index in [2.05, 4.69) is 5.32 Å². The highest BCUT2D eigenvalue weighted by atomic mass is 16.6. The molecule has 7 nitrogen and oxygen atoms in total. The third-order valence-corrected chi connectivity index (χ3v) is 5.12. The third kappa shape index (κ3) is 5.37. The summed E-state index contributed by atoms with van der Waals surface area (Å²) < 4.78 is 16.6. The van der Waals surface area contributed by atoms with Crippen molar-refractivity contribution >= 4 is 28.5 Å². The third-order valence-electron chi connectivity index (χ3n) is 5.12. The number of anilines is 1. The molecular formula is C26H28N2O5. The average molecular weight is 449 g/mol. The second kappa shape index (κ2) is 9.02. The van der Waals surface area contributed by atoms with E-state index >= 15 is 0 Å². The Balaban J connectivity index is 1.61. The Morgan fingerprint density at radius 1 is 0.970 bits per heavy atom. The van der Waals surface area contributed by atoms with Gasteiger partial charge >= 0.3 is 6.09 Å². The van der Waals surface area contributed by atoms with E-state index in [1.807, 2.05) is 42.5 Å². The Morgan fingerprint density at radius 2 is 1.64 bits per heavy atom. The van der Waals surface area contributed by atoms with Crippen molar-refractivity contribution in [3.8, 4) is 11.5 Å². The fraction of sp³-hybridized carbons (Fsp3) is 0.308. The summed E-state index contributed by atoms with van der Waals surface area (Å²) in [6, 6.07) is 16.9. The molecule has 1 N–H and O–H groups in total. The van der Waals surface area contributed by atoms with Crippen LogP contribution in [-0.2, 0) is 11.3 Å². The number of fused-ring (bicyclic) bond motifs is 2. The molecule has 0 spiro atoms. The van der Waals surface area contributed by atoms with Crippen LogP contribution in [0.4, 0.5) is 10.5 Å². The molecule has 7 heteroatoms. The Labute approximate surface area is 193 Å². The average Bonchev–Trinajstić information content (AvgIpc) is 2.76. The van der Waals surface area contributed by atoms with E-state index in [1.165, 1.54) is 0 Å². The molecule has 0 aliphatic carbocycles. The van der Waals surface area contributed by atoms with E-state index in [1.54, 1.807) is 44.9 Å². The van der Waals surface area contributed by atoms with Gasteiger partial charge in [-0.25, -0.2) is 4.79 Å². The van der Waals surface area contributed by atoms with Gasteiger partial charge in [-0.2, -0.15) is 0 Å². The zero-order valence-electron chi connectivity index (χ0n) is 19.3. The molecule has 0 fully saturated rings. The molecule has 0 radical (unpaired) electrons. The fourth-order valence-electron chi connectivity index (χ4n) is 3.67. The number of ether oxygens (including phenoxy) is 3. The first-order chi connectivity index (χ1) is 15.7. The quantitative estimate of drug-likeness (QED) is 0.591. The van der Waals surface area contributed by atoms with Crippen molar-refractivity contribution in [1.29, 1.82) is 0 Å². The molecule has 2 amide bonds. The predicted molar refractivity (Wildman–Crippen MR) is 127 cm³/mol. The molecule has 1 aliphatic rings. The normalized spacial score (nSPS) is 12.8. The molecule has 172 valence electrons. The SMILES string of the molecule is CN(Cc1ccc2c(c1)OCCO2)C(=O)c1cc2ccccc2cc1NC(=O)OC(C)(C)C. The van der Waals surface area contributed by atoms with Crippen molar-refractivity contribution in [1.82, 2.24) is 4.90 Å². The number of hydrogen-bond donors (Lipinski definition) is 1. The minimum Gasteiger partial charge on any atom is -0.486 e. The van der Waals surface area contributed by atoms with E-state index in [4.69, 9.17) is 14.2 Å². The topological polar surface area (TPSA) is 77.1 Å². The van der Waals surface area contributed by atoms with E-state index < -0.39 is 11.7 Å². The lowest BCUT2D eigenvalue weighted by Crippen LogP contribution is -2.30. The van der Waals surface area contributed by atoms with Crippen molar-refractivity contribution < 1.29 is 23.8 Å². The maximum absolute atomic E-state index is 13.4. The van der Waals surface area contributed by atoms with Gasteiger partial charge in [0.05, 0.1) is 11.3 Å². The number of carbonyl (C=O) groups excluding carboxylic acids is 2. The van der Waals surface area contributed by atoms with Crippen molar-refractivity contribution in [2.75, 3.05) is 25.6 Å². The molecule has 0 unspecified atom stereocenters. The van der Waals surface area contributed by atoms with Gasteiger partial charge in [0.1, 0.15) is 18.8 Å². The second-order valence-electron chi connectivity index (χ2n) is 9.01. The maximum Gasteiger partial charge on any atom is 0.412 e. The van der Waals surface area contributed by atoms with E-state index in [-0.39, 0.29) is 5.91 Å². The Bertz CT molecular complexity index is 1200. The lowest BCUT2D eigenvalue weighted by Gasteiger charge is -2.23. The summed E-state index contributed by atoms with van der Waals surface area (Å²) in [6.45, 7) is 6.77. The predicted octanol–water partition coefficient (Wildman–Crippen LogP) is 5.23. The number of hydrogen-bond acceptors (Lipinski definition) is 5. The van der Waals surface area contributed by atoms with Crippen LogP contribution in [0.15, 0.2) is 54.6 Å². The van der Waals surface area contributed by atoms with Crippen LogP contribution in [0, 0.1) is 0 Å². The first kappa shape index (κ1) is 22.5. The molecular weight excluding hydrogens is 420 g/mol. The van der Waals surface area contributed by atoms with Gasteiger partial charge in [0.15, 0.2) is 11.5 Å². The lowest BCUT2D eigenvalue weighted by atomic mass is 10.0. The minimum atomic E-state index is -0.653.